The maximum Gasteiger partial charge on any atom is 0.253 e. The first kappa shape index (κ1) is 22.7. The summed E-state index contributed by atoms with van der Waals surface area (Å²) >= 11 is 1.33. The van der Waals surface area contributed by atoms with Crippen LogP contribution in [0.15, 0.2) is 54.6 Å². The summed E-state index contributed by atoms with van der Waals surface area (Å²) in [4.78, 5) is 40.4. The number of halogens is 1. The van der Waals surface area contributed by atoms with Gasteiger partial charge in [-0.25, -0.2) is 4.39 Å². The first-order chi connectivity index (χ1) is 15.8. The summed E-state index contributed by atoms with van der Waals surface area (Å²) in [5.41, 5.74) is 8.04. The Labute approximate surface area is 195 Å². The van der Waals surface area contributed by atoms with E-state index in [1.165, 1.54) is 35.6 Å². The molecule has 0 atom stereocenters. The Morgan fingerprint density at radius 2 is 1.67 bits per heavy atom. The average Bonchev–Trinajstić information content (AvgIpc) is 3.15. The van der Waals surface area contributed by atoms with Gasteiger partial charge in [0.15, 0.2) is 0 Å². The van der Waals surface area contributed by atoms with Crippen LogP contribution in [-0.4, -0.2) is 35.7 Å². The van der Waals surface area contributed by atoms with Crippen LogP contribution in [0.4, 0.5) is 9.39 Å². The molecule has 0 aliphatic carbocycles. The molecule has 1 aromatic heterocycles. The summed E-state index contributed by atoms with van der Waals surface area (Å²) in [6, 6.07) is 14.9. The number of carbonyl (C=O) groups is 3. The molecule has 1 saturated heterocycles. The van der Waals surface area contributed by atoms with E-state index in [2.05, 4.69) is 5.32 Å². The van der Waals surface area contributed by atoms with E-state index >= 15 is 0 Å². The number of anilines is 1. The third kappa shape index (κ3) is 4.80. The second-order valence-corrected chi connectivity index (χ2v) is 9.26. The summed E-state index contributed by atoms with van der Waals surface area (Å²) in [5.74, 6) is -1.63. The molecule has 0 radical (unpaired) electrons. The molecule has 1 aliphatic rings. The predicted octanol–water partition coefficient (Wildman–Crippen LogP) is 4.45. The highest BCUT2D eigenvalue weighted by Crippen LogP contribution is 2.40. The van der Waals surface area contributed by atoms with Gasteiger partial charge in [0.25, 0.3) is 11.8 Å². The first-order valence-electron chi connectivity index (χ1n) is 10.7. The minimum absolute atomic E-state index is 0.175. The number of primary amides is 1. The molecule has 1 fully saturated rings. The van der Waals surface area contributed by atoms with E-state index in [4.69, 9.17) is 5.73 Å². The molecule has 170 valence electrons. The Balaban J connectivity index is 1.45. The molecule has 2 aromatic carbocycles. The fourth-order valence-electron chi connectivity index (χ4n) is 4.15. The van der Waals surface area contributed by atoms with Crippen LogP contribution < -0.4 is 11.1 Å². The van der Waals surface area contributed by atoms with Crippen molar-refractivity contribution in [3.63, 3.8) is 0 Å². The number of nitrogens with two attached hydrogens (primary N) is 1. The zero-order valence-corrected chi connectivity index (χ0v) is 19.0. The third-order valence-electron chi connectivity index (χ3n) is 5.87. The van der Waals surface area contributed by atoms with Gasteiger partial charge in [-0.2, -0.15) is 0 Å². The van der Waals surface area contributed by atoms with Crippen molar-refractivity contribution in [1.29, 1.82) is 0 Å². The van der Waals surface area contributed by atoms with Gasteiger partial charge in [-0.3, -0.25) is 14.4 Å². The quantitative estimate of drug-likeness (QED) is 0.583. The molecule has 0 bridgehead atoms. The van der Waals surface area contributed by atoms with Crippen molar-refractivity contribution in [1.82, 2.24) is 4.90 Å². The van der Waals surface area contributed by atoms with Crippen LogP contribution in [0.2, 0.25) is 0 Å². The number of piperidine rings is 1. The van der Waals surface area contributed by atoms with Gasteiger partial charge in [-0.05, 0) is 49.6 Å². The molecule has 4 rings (SSSR count). The molecule has 6 nitrogen and oxygen atoms in total. The molecule has 2 heterocycles. The number of thiophene rings is 1. The maximum atomic E-state index is 13.1. The van der Waals surface area contributed by atoms with Gasteiger partial charge < -0.3 is 16.0 Å². The Kier molecular flexibility index (Phi) is 6.55. The molecular weight excluding hydrogens is 441 g/mol. The molecule has 0 unspecified atom stereocenters. The number of benzene rings is 2. The molecule has 0 spiro atoms. The molecule has 33 heavy (non-hydrogen) atoms. The molecule has 3 amide bonds. The normalized spacial score (nSPS) is 14.2. The van der Waals surface area contributed by atoms with Gasteiger partial charge in [0.1, 0.15) is 10.8 Å². The van der Waals surface area contributed by atoms with Crippen molar-refractivity contribution in [3.05, 3.63) is 76.4 Å². The van der Waals surface area contributed by atoms with Crippen LogP contribution >= 0.6 is 11.3 Å². The summed E-state index contributed by atoms with van der Waals surface area (Å²) in [7, 11) is 0. The largest absolute Gasteiger partial charge is 0.365 e. The monoisotopic (exact) mass is 465 g/mol. The van der Waals surface area contributed by atoms with E-state index in [0.29, 0.717) is 42.1 Å². The lowest BCUT2D eigenvalue weighted by Gasteiger charge is -2.31. The number of rotatable bonds is 5. The van der Waals surface area contributed by atoms with Crippen molar-refractivity contribution in [2.75, 3.05) is 18.4 Å². The van der Waals surface area contributed by atoms with Crippen LogP contribution in [0.3, 0.4) is 0 Å². The molecule has 3 aromatic rings. The van der Waals surface area contributed by atoms with Crippen LogP contribution in [0.5, 0.6) is 0 Å². The van der Waals surface area contributed by atoms with Gasteiger partial charge in [0, 0.05) is 35.0 Å². The van der Waals surface area contributed by atoms with Crippen LogP contribution in [-0.2, 0) is 4.79 Å². The van der Waals surface area contributed by atoms with Crippen LogP contribution in [0.25, 0.3) is 11.1 Å². The SMILES string of the molecule is Cc1sc(NC(=O)C2CCN(C(=O)c3ccc(F)cc3)CC2)c(C(N)=O)c1-c1ccccc1. The number of hydrogen-bond donors (Lipinski definition) is 2. The highest BCUT2D eigenvalue weighted by molar-refractivity contribution is 7.17. The van der Waals surface area contributed by atoms with Gasteiger partial charge in [0.2, 0.25) is 5.91 Å². The van der Waals surface area contributed by atoms with Crippen molar-refractivity contribution in [2.24, 2.45) is 11.7 Å². The first-order valence-corrected chi connectivity index (χ1v) is 11.5. The fourth-order valence-corrected chi connectivity index (χ4v) is 5.24. The second-order valence-electron chi connectivity index (χ2n) is 8.03. The second kappa shape index (κ2) is 9.54. The number of carbonyl (C=O) groups excluding carboxylic acids is 3. The lowest BCUT2D eigenvalue weighted by atomic mass is 9.95. The Hall–Kier alpha value is -3.52. The summed E-state index contributed by atoms with van der Waals surface area (Å²) < 4.78 is 13.1. The van der Waals surface area contributed by atoms with E-state index in [1.54, 1.807) is 4.90 Å². The van der Waals surface area contributed by atoms with E-state index in [-0.39, 0.29) is 17.7 Å². The van der Waals surface area contributed by atoms with Crippen LogP contribution in [0, 0.1) is 18.7 Å². The molecular formula is C25H24FN3O3S. The van der Waals surface area contributed by atoms with Crippen molar-refractivity contribution >= 4 is 34.1 Å². The average molecular weight is 466 g/mol. The van der Waals surface area contributed by atoms with Crippen LogP contribution in [0.1, 0.15) is 38.4 Å². The van der Waals surface area contributed by atoms with Crippen molar-refractivity contribution in [3.8, 4) is 11.1 Å². The Morgan fingerprint density at radius 3 is 2.27 bits per heavy atom. The van der Waals surface area contributed by atoms with Crippen molar-refractivity contribution < 1.29 is 18.8 Å². The fraction of sp³-hybridized carbons (Fsp3) is 0.240. The molecule has 8 heteroatoms. The zero-order chi connectivity index (χ0) is 23.5. The van der Waals surface area contributed by atoms with E-state index in [9.17, 15) is 18.8 Å². The Morgan fingerprint density at radius 1 is 1.03 bits per heavy atom. The van der Waals surface area contributed by atoms with Gasteiger partial charge in [0.05, 0.1) is 5.56 Å². The van der Waals surface area contributed by atoms with Gasteiger partial charge in [-0.15, -0.1) is 11.3 Å². The standard InChI is InChI=1S/C25H24FN3O3S/c1-15-20(16-5-3-2-4-6-16)21(22(27)30)24(33-15)28-23(31)17-11-13-29(14-12-17)25(32)18-7-9-19(26)10-8-18/h2-10,17H,11-14H2,1H3,(H2,27,30)(H,28,31). The molecule has 3 N–H and O–H groups in total. The van der Waals surface area contributed by atoms with Gasteiger partial charge in [-0.1, -0.05) is 30.3 Å². The topological polar surface area (TPSA) is 92.5 Å². The smallest absolute Gasteiger partial charge is 0.253 e. The minimum Gasteiger partial charge on any atom is -0.365 e. The minimum atomic E-state index is -0.590. The third-order valence-corrected chi connectivity index (χ3v) is 6.89. The summed E-state index contributed by atoms with van der Waals surface area (Å²) in [6.45, 7) is 2.75. The maximum absolute atomic E-state index is 13.1. The van der Waals surface area contributed by atoms with E-state index in [1.807, 2.05) is 37.3 Å². The number of likely N-dealkylation sites (tertiary alicyclic amines) is 1. The number of nitrogens with one attached hydrogen (secondary N) is 1. The highest BCUT2D eigenvalue weighted by Gasteiger charge is 2.30. The van der Waals surface area contributed by atoms with E-state index < -0.39 is 11.7 Å². The summed E-state index contributed by atoms with van der Waals surface area (Å²) in [5, 5.41) is 3.36. The zero-order valence-electron chi connectivity index (χ0n) is 18.1. The lowest BCUT2D eigenvalue weighted by molar-refractivity contribution is -0.121. The summed E-state index contributed by atoms with van der Waals surface area (Å²) in [6.07, 6.45) is 1.00. The van der Waals surface area contributed by atoms with Gasteiger partial charge >= 0.3 is 0 Å². The van der Waals surface area contributed by atoms with Crippen molar-refractivity contribution in [2.45, 2.75) is 19.8 Å². The lowest BCUT2D eigenvalue weighted by Crippen LogP contribution is -2.41. The Bertz CT molecular complexity index is 1180. The number of aryl methyl sites for hydroxylation is 1. The van der Waals surface area contributed by atoms with E-state index in [0.717, 1.165) is 16.0 Å². The number of hydrogen-bond acceptors (Lipinski definition) is 4. The highest BCUT2D eigenvalue weighted by atomic mass is 32.1. The number of amides is 3. The number of nitrogens with zero attached hydrogens (tertiary/aromatic N) is 1. The predicted molar refractivity (Wildman–Crippen MR) is 127 cm³/mol. The molecule has 1 aliphatic heterocycles. The molecule has 0 saturated carbocycles.